The summed E-state index contributed by atoms with van der Waals surface area (Å²) < 4.78 is 0. The maximum absolute atomic E-state index is 12.5. The lowest BCUT2D eigenvalue weighted by Gasteiger charge is -2.31. The third kappa shape index (κ3) is 2.79. The molecule has 0 bridgehead atoms. The fourth-order valence-corrected chi connectivity index (χ4v) is 2.68. The van der Waals surface area contributed by atoms with Crippen molar-refractivity contribution in [3.05, 3.63) is 34.9 Å². The normalized spacial score (nSPS) is 16.8. The van der Waals surface area contributed by atoms with Gasteiger partial charge in [-0.25, -0.2) is 0 Å². The Labute approximate surface area is 118 Å². The van der Waals surface area contributed by atoms with Crippen molar-refractivity contribution in [2.45, 2.75) is 40.5 Å². The quantitative estimate of drug-likeness (QED) is 0.619. The highest BCUT2D eigenvalue weighted by molar-refractivity contribution is 6.25. The molecule has 0 aromatic carbocycles. The first kappa shape index (κ1) is 16.1. The summed E-state index contributed by atoms with van der Waals surface area (Å²) in [4.78, 5) is 35.8. The standard InChI is InChI=1S/C16H20O4/c1-6-7-11-9(2)15(20)13(10(3)14(11)19)16(4,5)8-12(17)18/h6H,1,7-8H2,2-5H3,(H,17,18). The van der Waals surface area contributed by atoms with E-state index in [0.717, 1.165) is 0 Å². The lowest BCUT2D eigenvalue weighted by molar-refractivity contribution is -0.138. The van der Waals surface area contributed by atoms with Crippen LogP contribution in [0, 0.1) is 5.41 Å². The van der Waals surface area contributed by atoms with Crippen molar-refractivity contribution in [1.29, 1.82) is 0 Å². The maximum atomic E-state index is 12.5. The number of ketones is 2. The summed E-state index contributed by atoms with van der Waals surface area (Å²) in [5.41, 5.74) is 0.647. The molecule has 0 heterocycles. The summed E-state index contributed by atoms with van der Waals surface area (Å²) >= 11 is 0. The van der Waals surface area contributed by atoms with Gasteiger partial charge in [-0.05, 0) is 20.3 Å². The van der Waals surface area contributed by atoms with E-state index in [1.165, 1.54) is 0 Å². The molecule has 0 atom stereocenters. The van der Waals surface area contributed by atoms with E-state index >= 15 is 0 Å². The summed E-state index contributed by atoms with van der Waals surface area (Å²) in [6.45, 7) is 10.1. The monoisotopic (exact) mass is 276 g/mol. The molecular formula is C16H20O4. The topological polar surface area (TPSA) is 71.4 Å². The van der Waals surface area contributed by atoms with Crippen LogP contribution in [0.1, 0.15) is 40.5 Å². The van der Waals surface area contributed by atoms with Gasteiger partial charge in [-0.2, -0.15) is 0 Å². The Morgan fingerprint density at radius 1 is 1.20 bits per heavy atom. The zero-order valence-electron chi connectivity index (χ0n) is 12.4. The molecule has 0 aromatic heterocycles. The largest absolute Gasteiger partial charge is 0.481 e. The zero-order chi connectivity index (χ0) is 15.7. The Bertz CT molecular complexity index is 559. The van der Waals surface area contributed by atoms with Crippen LogP contribution < -0.4 is 0 Å². The lowest BCUT2D eigenvalue weighted by atomic mass is 9.71. The van der Waals surface area contributed by atoms with Gasteiger partial charge in [0.05, 0.1) is 6.42 Å². The van der Waals surface area contributed by atoms with Crippen molar-refractivity contribution in [3.8, 4) is 0 Å². The smallest absolute Gasteiger partial charge is 0.304 e. The van der Waals surface area contributed by atoms with Gasteiger partial charge in [0.1, 0.15) is 0 Å². The zero-order valence-corrected chi connectivity index (χ0v) is 12.4. The van der Waals surface area contributed by atoms with Crippen LogP contribution in [0.4, 0.5) is 0 Å². The molecule has 1 aliphatic rings. The molecule has 0 radical (unpaired) electrons. The van der Waals surface area contributed by atoms with Gasteiger partial charge in [0, 0.05) is 27.7 Å². The highest BCUT2D eigenvalue weighted by Gasteiger charge is 2.38. The van der Waals surface area contributed by atoms with Gasteiger partial charge < -0.3 is 5.11 Å². The highest BCUT2D eigenvalue weighted by atomic mass is 16.4. The van der Waals surface area contributed by atoms with Gasteiger partial charge in [-0.3, -0.25) is 14.4 Å². The number of carboxylic acid groups (broad SMARTS) is 1. The van der Waals surface area contributed by atoms with E-state index < -0.39 is 11.4 Å². The molecule has 0 unspecified atom stereocenters. The average Bonchev–Trinajstić information content (AvgIpc) is 2.30. The van der Waals surface area contributed by atoms with Crippen molar-refractivity contribution >= 4 is 17.5 Å². The summed E-state index contributed by atoms with van der Waals surface area (Å²) in [7, 11) is 0. The lowest BCUT2D eigenvalue weighted by Crippen LogP contribution is -2.32. The van der Waals surface area contributed by atoms with Crippen LogP contribution in [0.5, 0.6) is 0 Å². The minimum atomic E-state index is -0.992. The Kier molecular flexibility index (Phi) is 4.48. The van der Waals surface area contributed by atoms with E-state index in [-0.39, 0.29) is 18.0 Å². The number of hydrogen-bond donors (Lipinski definition) is 1. The molecule has 4 nitrogen and oxygen atoms in total. The van der Waals surface area contributed by atoms with Crippen LogP contribution in [-0.4, -0.2) is 22.6 Å². The van der Waals surface area contributed by atoms with Gasteiger partial charge in [0.15, 0.2) is 11.6 Å². The van der Waals surface area contributed by atoms with E-state index in [1.54, 1.807) is 33.8 Å². The average molecular weight is 276 g/mol. The van der Waals surface area contributed by atoms with Crippen molar-refractivity contribution in [1.82, 2.24) is 0 Å². The van der Waals surface area contributed by atoms with Gasteiger partial charge in [0.25, 0.3) is 0 Å². The fourth-order valence-electron chi connectivity index (χ4n) is 2.68. The number of Topliss-reactive ketones (excluding diaryl/α,β-unsaturated/α-hetero) is 2. The van der Waals surface area contributed by atoms with Gasteiger partial charge in [-0.1, -0.05) is 19.9 Å². The molecule has 1 N–H and O–H groups in total. The third-order valence-corrected chi connectivity index (χ3v) is 3.63. The number of allylic oxidation sites excluding steroid dienone is 5. The molecule has 0 spiro atoms. The van der Waals surface area contributed by atoms with Crippen molar-refractivity contribution in [3.63, 3.8) is 0 Å². The Hall–Kier alpha value is -1.97. The van der Waals surface area contributed by atoms with Crippen LogP contribution in [-0.2, 0) is 14.4 Å². The van der Waals surface area contributed by atoms with Crippen LogP contribution in [0.25, 0.3) is 0 Å². The van der Waals surface area contributed by atoms with E-state index in [9.17, 15) is 14.4 Å². The number of carboxylic acids is 1. The number of aliphatic carboxylic acids is 1. The Morgan fingerprint density at radius 3 is 2.20 bits per heavy atom. The van der Waals surface area contributed by atoms with Gasteiger partial charge >= 0.3 is 5.97 Å². The second-order valence-electron chi connectivity index (χ2n) is 5.71. The molecule has 1 rings (SSSR count). The Balaban J connectivity index is 3.37. The number of carbonyl (C=O) groups is 3. The third-order valence-electron chi connectivity index (χ3n) is 3.63. The summed E-state index contributed by atoms with van der Waals surface area (Å²) in [6, 6.07) is 0. The van der Waals surface area contributed by atoms with Crippen molar-refractivity contribution in [2.24, 2.45) is 5.41 Å². The molecular weight excluding hydrogens is 256 g/mol. The SMILES string of the molecule is C=CCC1=C(C)C(=O)C(C(C)(C)CC(=O)O)=C(C)C1=O. The first-order valence-corrected chi connectivity index (χ1v) is 6.46. The van der Waals surface area contributed by atoms with E-state index in [2.05, 4.69) is 6.58 Å². The summed E-state index contributed by atoms with van der Waals surface area (Å²) in [6.07, 6.45) is 1.74. The molecule has 0 aliphatic heterocycles. The molecule has 108 valence electrons. The predicted octanol–water partition coefficient (Wildman–Crippen LogP) is 2.85. The molecule has 0 amide bonds. The summed E-state index contributed by atoms with van der Waals surface area (Å²) in [5, 5.41) is 8.98. The first-order chi connectivity index (χ1) is 9.13. The predicted molar refractivity (Wildman–Crippen MR) is 76.3 cm³/mol. The van der Waals surface area contributed by atoms with Crippen LogP contribution in [0.2, 0.25) is 0 Å². The molecule has 0 aromatic rings. The van der Waals surface area contributed by atoms with Gasteiger partial charge in [-0.15, -0.1) is 6.58 Å². The maximum Gasteiger partial charge on any atom is 0.304 e. The van der Waals surface area contributed by atoms with Crippen molar-refractivity contribution < 1.29 is 19.5 Å². The minimum Gasteiger partial charge on any atom is -0.481 e. The van der Waals surface area contributed by atoms with Crippen LogP contribution in [0.15, 0.2) is 34.9 Å². The fraction of sp³-hybridized carbons (Fsp3) is 0.438. The molecule has 20 heavy (non-hydrogen) atoms. The summed E-state index contributed by atoms with van der Waals surface area (Å²) in [5.74, 6) is -1.41. The highest BCUT2D eigenvalue weighted by Crippen LogP contribution is 2.39. The second kappa shape index (κ2) is 5.57. The van der Waals surface area contributed by atoms with Crippen molar-refractivity contribution in [2.75, 3.05) is 0 Å². The first-order valence-electron chi connectivity index (χ1n) is 6.46. The second-order valence-corrected chi connectivity index (χ2v) is 5.71. The molecule has 0 saturated heterocycles. The van der Waals surface area contributed by atoms with Crippen LogP contribution >= 0.6 is 0 Å². The van der Waals surface area contributed by atoms with Gasteiger partial charge in [0.2, 0.25) is 0 Å². The Morgan fingerprint density at radius 2 is 1.75 bits per heavy atom. The van der Waals surface area contributed by atoms with E-state index in [4.69, 9.17) is 5.11 Å². The number of rotatable bonds is 5. The number of hydrogen-bond acceptors (Lipinski definition) is 3. The minimum absolute atomic E-state index is 0.185. The molecule has 4 heteroatoms. The van der Waals surface area contributed by atoms with E-state index in [0.29, 0.717) is 28.7 Å². The molecule has 0 saturated carbocycles. The van der Waals surface area contributed by atoms with E-state index in [1.807, 2.05) is 0 Å². The van der Waals surface area contributed by atoms with Crippen LogP contribution in [0.3, 0.4) is 0 Å². The molecule has 1 aliphatic carbocycles. The number of carbonyl (C=O) groups excluding carboxylic acids is 2. The molecule has 0 fully saturated rings.